The van der Waals surface area contributed by atoms with Gasteiger partial charge in [-0.25, -0.2) is 0 Å². The van der Waals surface area contributed by atoms with Crippen molar-refractivity contribution in [3.8, 4) is 6.07 Å². The van der Waals surface area contributed by atoms with Crippen molar-refractivity contribution >= 4 is 5.69 Å². The molecule has 1 atom stereocenters. The first-order valence-corrected chi connectivity index (χ1v) is 6.48. The van der Waals surface area contributed by atoms with Crippen molar-refractivity contribution in [2.24, 2.45) is 5.41 Å². The molecule has 1 heterocycles. The molecule has 0 aromatic heterocycles. The quantitative estimate of drug-likeness (QED) is 0.867. The van der Waals surface area contributed by atoms with Crippen LogP contribution in [0, 0.1) is 16.7 Å². The van der Waals surface area contributed by atoms with Gasteiger partial charge in [0.25, 0.3) is 0 Å². The number of nitriles is 1. The van der Waals surface area contributed by atoms with Gasteiger partial charge in [-0.1, -0.05) is 13.8 Å². The molecule has 0 bridgehead atoms. The van der Waals surface area contributed by atoms with E-state index < -0.39 is 0 Å². The van der Waals surface area contributed by atoms with Crippen LogP contribution in [0.2, 0.25) is 0 Å². The van der Waals surface area contributed by atoms with E-state index in [2.05, 4.69) is 37.2 Å². The minimum Gasteiger partial charge on any atom is -0.371 e. The van der Waals surface area contributed by atoms with Gasteiger partial charge >= 0.3 is 0 Å². The summed E-state index contributed by atoms with van der Waals surface area (Å²) in [4.78, 5) is 2.35. The van der Waals surface area contributed by atoms with Crippen molar-refractivity contribution in [1.29, 1.82) is 5.26 Å². The monoisotopic (exact) mass is 243 g/mol. The number of piperidine rings is 1. The van der Waals surface area contributed by atoms with Gasteiger partial charge in [0.2, 0.25) is 0 Å². The smallest absolute Gasteiger partial charge is 0.0991 e. The molecule has 96 valence electrons. The van der Waals surface area contributed by atoms with E-state index in [1.165, 1.54) is 5.69 Å². The van der Waals surface area contributed by atoms with Gasteiger partial charge in [-0.15, -0.1) is 0 Å². The molecular weight excluding hydrogens is 222 g/mol. The Balaban J connectivity index is 2.19. The minimum absolute atomic E-state index is 0.265. The van der Waals surface area contributed by atoms with Crippen LogP contribution in [0.4, 0.5) is 5.69 Å². The Hall–Kier alpha value is -1.53. The number of hydrogen-bond acceptors (Lipinski definition) is 3. The summed E-state index contributed by atoms with van der Waals surface area (Å²) in [5.74, 6) is 0. The largest absolute Gasteiger partial charge is 0.371 e. The molecule has 1 aromatic carbocycles. The fourth-order valence-electron chi connectivity index (χ4n) is 2.83. The van der Waals surface area contributed by atoms with Crippen LogP contribution in [0.1, 0.15) is 25.8 Å². The number of anilines is 1. The number of benzene rings is 1. The lowest BCUT2D eigenvalue weighted by molar-refractivity contribution is 0.215. The van der Waals surface area contributed by atoms with E-state index >= 15 is 0 Å². The van der Waals surface area contributed by atoms with Crippen molar-refractivity contribution in [2.75, 3.05) is 25.0 Å². The second-order valence-corrected chi connectivity index (χ2v) is 5.74. The molecule has 1 aromatic rings. The van der Waals surface area contributed by atoms with Crippen LogP contribution >= 0.6 is 0 Å². The highest BCUT2D eigenvalue weighted by molar-refractivity contribution is 5.50. The molecule has 0 spiro atoms. The van der Waals surface area contributed by atoms with E-state index in [0.29, 0.717) is 6.04 Å². The molecule has 18 heavy (non-hydrogen) atoms. The van der Waals surface area contributed by atoms with E-state index in [0.717, 1.165) is 25.1 Å². The first kappa shape index (κ1) is 12.9. The molecule has 2 rings (SSSR count). The lowest BCUT2D eigenvalue weighted by Gasteiger charge is -2.45. The summed E-state index contributed by atoms with van der Waals surface area (Å²) in [7, 11) is 2.15. The molecule has 3 heteroatoms. The fourth-order valence-corrected chi connectivity index (χ4v) is 2.83. The molecule has 0 saturated carbocycles. The zero-order valence-electron chi connectivity index (χ0n) is 11.4. The first-order chi connectivity index (χ1) is 8.54. The Kier molecular flexibility index (Phi) is 3.58. The number of nitrogens with zero attached hydrogens (tertiary/aromatic N) is 2. The molecule has 1 fully saturated rings. The van der Waals surface area contributed by atoms with Crippen molar-refractivity contribution in [3.63, 3.8) is 0 Å². The summed E-state index contributed by atoms with van der Waals surface area (Å²) in [6.07, 6.45) is 1.16. The van der Waals surface area contributed by atoms with E-state index in [9.17, 15) is 0 Å². The maximum atomic E-state index is 8.83. The minimum atomic E-state index is 0.265. The van der Waals surface area contributed by atoms with Gasteiger partial charge in [0.15, 0.2) is 0 Å². The highest BCUT2D eigenvalue weighted by atomic mass is 15.2. The van der Waals surface area contributed by atoms with Crippen LogP contribution in [0.15, 0.2) is 24.3 Å². The molecule has 1 aliphatic rings. The zero-order valence-corrected chi connectivity index (χ0v) is 11.4. The summed E-state index contributed by atoms with van der Waals surface area (Å²) in [6, 6.07) is 10.5. The molecule has 0 aliphatic carbocycles. The van der Waals surface area contributed by atoms with Crippen LogP contribution in [0.25, 0.3) is 0 Å². The predicted molar refractivity (Wildman–Crippen MR) is 74.6 cm³/mol. The van der Waals surface area contributed by atoms with Gasteiger partial charge in [-0.05, 0) is 42.6 Å². The van der Waals surface area contributed by atoms with Crippen molar-refractivity contribution in [3.05, 3.63) is 29.8 Å². The fraction of sp³-hybridized carbons (Fsp3) is 0.533. The van der Waals surface area contributed by atoms with E-state index in [1.54, 1.807) is 0 Å². The standard InChI is InChI=1S/C15H21N3/c1-15(2)11-17-9-8-14(15)18(3)13-6-4-12(10-16)5-7-13/h4-7,14,17H,8-9,11H2,1-3H3. The molecule has 1 N–H and O–H groups in total. The summed E-state index contributed by atoms with van der Waals surface area (Å²) in [6.45, 7) is 6.75. The topological polar surface area (TPSA) is 39.1 Å². The van der Waals surface area contributed by atoms with Gasteiger partial charge in [0, 0.05) is 25.3 Å². The van der Waals surface area contributed by atoms with Gasteiger partial charge in [-0.3, -0.25) is 0 Å². The Morgan fingerprint density at radius 1 is 1.33 bits per heavy atom. The zero-order chi connectivity index (χ0) is 13.2. The summed E-state index contributed by atoms with van der Waals surface area (Å²) in [5.41, 5.74) is 2.17. The highest BCUT2D eigenvalue weighted by Gasteiger charge is 2.34. The van der Waals surface area contributed by atoms with Gasteiger partial charge in [0.05, 0.1) is 11.6 Å². The Morgan fingerprint density at radius 3 is 2.56 bits per heavy atom. The maximum absolute atomic E-state index is 8.83. The van der Waals surface area contributed by atoms with E-state index in [4.69, 9.17) is 5.26 Å². The lowest BCUT2D eigenvalue weighted by atomic mass is 9.79. The van der Waals surface area contributed by atoms with Crippen LogP contribution in [0.5, 0.6) is 0 Å². The SMILES string of the molecule is CN(c1ccc(C#N)cc1)C1CCNCC1(C)C. The summed E-state index contributed by atoms with van der Waals surface area (Å²) >= 11 is 0. The Morgan fingerprint density at radius 2 is 2.00 bits per heavy atom. The third-order valence-electron chi connectivity index (χ3n) is 3.95. The number of hydrogen-bond donors (Lipinski definition) is 1. The van der Waals surface area contributed by atoms with Gasteiger partial charge < -0.3 is 10.2 Å². The maximum Gasteiger partial charge on any atom is 0.0991 e. The van der Waals surface area contributed by atoms with Gasteiger partial charge in [0.1, 0.15) is 0 Å². The van der Waals surface area contributed by atoms with Crippen molar-refractivity contribution in [2.45, 2.75) is 26.3 Å². The third kappa shape index (κ3) is 2.49. The van der Waals surface area contributed by atoms with E-state index in [-0.39, 0.29) is 5.41 Å². The van der Waals surface area contributed by atoms with Crippen molar-refractivity contribution < 1.29 is 0 Å². The molecule has 0 radical (unpaired) electrons. The average Bonchev–Trinajstić information content (AvgIpc) is 2.37. The molecule has 3 nitrogen and oxygen atoms in total. The predicted octanol–water partition coefficient (Wildman–Crippen LogP) is 2.38. The Bertz CT molecular complexity index is 442. The first-order valence-electron chi connectivity index (χ1n) is 6.48. The number of nitrogens with one attached hydrogen (secondary N) is 1. The second-order valence-electron chi connectivity index (χ2n) is 5.74. The molecule has 1 saturated heterocycles. The average molecular weight is 243 g/mol. The molecule has 1 unspecified atom stereocenters. The van der Waals surface area contributed by atoms with E-state index in [1.807, 2.05) is 24.3 Å². The second kappa shape index (κ2) is 4.99. The normalized spacial score (nSPS) is 22.2. The molecule has 0 amide bonds. The summed E-state index contributed by atoms with van der Waals surface area (Å²) < 4.78 is 0. The lowest BCUT2D eigenvalue weighted by Crippen LogP contribution is -2.53. The highest BCUT2D eigenvalue weighted by Crippen LogP contribution is 2.31. The summed E-state index contributed by atoms with van der Waals surface area (Å²) in [5, 5.41) is 12.3. The molecular formula is C15H21N3. The van der Waals surface area contributed by atoms with Crippen LogP contribution in [-0.2, 0) is 0 Å². The van der Waals surface area contributed by atoms with Crippen LogP contribution in [-0.4, -0.2) is 26.2 Å². The Labute approximate surface area is 109 Å². The number of rotatable bonds is 2. The van der Waals surface area contributed by atoms with Crippen LogP contribution < -0.4 is 10.2 Å². The van der Waals surface area contributed by atoms with Crippen molar-refractivity contribution in [1.82, 2.24) is 5.32 Å². The van der Waals surface area contributed by atoms with Crippen LogP contribution in [0.3, 0.4) is 0 Å². The van der Waals surface area contributed by atoms with Gasteiger partial charge in [-0.2, -0.15) is 5.26 Å². The third-order valence-corrected chi connectivity index (χ3v) is 3.95. The molecule has 1 aliphatic heterocycles.